The van der Waals surface area contributed by atoms with Gasteiger partial charge in [0.25, 0.3) is 0 Å². The van der Waals surface area contributed by atoms with Crippen molar-refractivity contribution in [3.05, 3.63) is 12.2 Å². The third kappa shape index (κ3) is 7.28. The maximum absolute atomic E-state index is 10.1. The van der Waals surface area contributed by atoms with Crippen molar-refractivity contribution in [2.75, 3.05) is 0 Å². The zero-order valence-electron chi connectivity index (χ0n) is 7.66. The first-order valence-electron chi connectivity index (χ1n) is 4.16. The summed E-state index contributed by atoms with van der Waals surface area (Å²) in [5.41, 5.74) is 5.68. The summed E-state index contributed by atoms with van der Waals surface area (Å²) in [6, 6.07) is -0.00986. The molecule has 3 heteroatoms. The first-order valence-corrected chi connectivity index (χ1v) is 4.16. The van der Waals surface area contributed by atoms with E-state index >= 15 is 0 Å². The maximum Gasteiger partial charge on any atom is 0.307 e. The van der Waals surface area contributed by atoms with E-state index in [1.165, 1.54) is 0 Å². The molecule has 0 saturated carbocycles. The molecular weight excluding hydrogens is 154 g/mol. The van der Waals surface area contributed by atoms with Gasteiger partial charge < -0.3 is 10.8 Å². The average molecular weight is 171 g/mol. The van der Waals surface area contributed by atoms with E-state index in [0.717, 1.165) is 6.42 Å². The second-order valence-corrected chi connectivity index (χ2v) is 3.32. The van der Waals surface area contributed by atoms with Crippen LogP contribution in [-0.4, -0.2) is 17.1 Å². The number of rotatable bonds is 5. The number of nitrogens with two attached hydrogens (primary N) is 1. The molecule has 0 aromatic rings. The molecule has 0 heterocycles. The highest BCUT2D eigenvalue weighted by molar-refractivity contribution is 5.68. The molecule has 0 aromatic heterocycles. The van der Waals surface area contributed by atoms with Gasteiger partial charge in [0.2, 0.25) is 0 Å². The van der Waals surface area contributed by atoms with Crippen molar-refractivity contribution in [3.8, 4) is 0 Å². The molecule has 0 fully saturated rings. The van der Waals surface area contributed by atoms with E-state index in [-0.39, 0.29) is 12.5 Å². The molecule has 0 saturated heterocycles. The Morgan fingerprint density at radius 2 is 2.17 bits per heavy atom. The minimum atomic E-state index is -0.817. The lowest BCUT2D eigenvalue weighted by Gasteiger charge is -2.08. The molecule has 0 rings (SSSR count). The first-order chi connectivity index (χ1) is 5.52. The quantitative estimate of drug-likeness (QED) is 0.614. The molecule has 12 heavy (non-hydrogen) atoms. The lowest BCUT2D eigenvalue weighted by atomic mass is 10.0. The van der Waals surface area contributed by atoms with Gasteiger partial charge in [-0.15, -0.1) is 0 Å². The summed E-state index contributed by atoms with van der Waals surface area (Å²) in [5.74, 6) is -0.266. The third-order valence-electron chi connectivity index (χ3n) is 1.42. The zero-order chi connectivity index (χ0) is 9.56. The summed E-state index contributed by atoms with van der Waals surface area (Å²) in [4.78, 5) is 10.1. The average Bonchev–Trinajstić information content (AvgIpc) is 1.84. The Morgan fingerprint density at radius 1 is 1.58 bits per heavy atom. The number of carboxylic acids is 1. The fourth-order valence-electron chi connectivity index (χ4n) is 0.967. The summed E-state index contributed by atoms with van der Waals surface area (Å²) in [5, 5.41) is 8.32. The molecule has 3 N–H and O–H groups in total. The Kier molecular flexibility index (Phi) is 5.37. The van der Waals surface area contributed by atoms with Crippen LogP contribution in [0, 0.1) is 5.92 Å². The maximum atomic E-state index is 10.1. The zero-order valence-corrected chi connectivity index (χ0v) is 7.66. The fraction of sp³-hybridized carbons (Fsp3) is 0.667. The Bertz CT molecular complexity index is 164. The van der Waals surface area contributed by atoms with E-state index in [2.05, 4.69) is 13.8 Å². The lowest BCUT2D eigenvalue weighted by molar-refractivity contribution is -0.136. The van der Waals surface area contributed by atoms with Crippen LogP contribution < -0.4 is 5.73 Å². The number of hydrogen-bond acceptors (Lipinski definition) is 2. The van der Waals surface area contributed by atoms with Crippen molar-refractivity contribution in [2.24, 2.45) is 11.7 Å². The van der Waals surface area contributed by atoms with Gasteiger partial charge >= 0.3 is 5.97 Å². The van der Waals surface area contributed by atoms with Crippen LogP contribution in [0.15, 0.2) is 12.2 Å². The lowest BCUT2D eigenvalue weighted by Crippen LogP contribution is -2.19. The second-order valence-electron chi connectivity index (χ2n) is 3.32. The van der Waals surface area contributed by atoms with E-state index in [9.17, 15) is 4.79 Å². The highest BCUT2D eigenvalue weighted by Gasteiger charge is 2.00. The van der Waals surface area contributed by atoms with Gasteiger partial charge in [-0.1, -0.05) is 26.0 Å². The third-order valence-corrected chi connectivity index (χ3v) is 1.42. The standard InChI is InChI=1S/C9H17NO2/c1-7(2)6-8(10)4-3-5-9(11)12/h3-4,7-8H,5-6,10H2,1-2H3,(H,11,12)/b4-3+. The minimum Gasteiger partial charge on any atom is -0.481 e. The fourth-order valence-corrected chi connectivity index (χ4v) is 0.967. The van der Waals surface area contributed by atoms with Gasteiger partial charge in [0.15, 0.2) is 0 Å². The summed E-state index contributed by atoms with van der Waals surface area (Å²) in [7, 11) is 0. The summed E-state index contributed by atoms with van der Waals surface area (Å²) in [6.07, 6.45) is 4.32. The van der Waals surface area contributed by atoms with Crippen LogP contribution in [0.25, 0.3) is 0 Å². The summed E-state index contributed by atoms with van der Waals surface area (Å²) < 4.78 is 0. The highest BCUT2D eigenvalue weighted by Crippen LogP contribution is 2.03. The number of carbonyl (C=O) groups is 1. The van der Waals surface area contributed by atoms with Gasteiger partial charge in [-0.25, -0.2) is 0 Å². The van der Waals surface area contributed by atoms with Crippen LogP contribution in [0.4, 0.5) is 0 Å². The van der Waals surface area contributed by atoms with Crippen LogP contribution in [0.3, 0.4) is 0 Å². The van der Waals surface area contributed by atoms with Crippen LogP contribution in [-0.2, 0) is 4.79 Å². The van der Waals surface area contributed by atoms with Crippen molar-refractivity contribution >= 4 is 5.97 Å². The largest absolute Gasteiger partial charge is 0.481 e. The van der Waals surface area contributed by atoms with Crippen LogP contribution in [0.5, 0.6) is 0 Å². The van der Waals surface area contributed by atoms with Crippen molar-refractivity contribution in [2.45, 2.75) is 32.7 Å². The summed E-state index contributed by atoms with van der Waals surface area (Å²) in [6.45, 7) is 4.18. The normalized spacial score (nSPS) is 14.0. The van der Waals surface area contributed by atoms with Crippen molar-refractivity contribution in [1.29, 1.82) is 0 Å². The number of carboxylic acid groups (broad SMARTS) is 1. The van der Waals surface area contributed by atoms with E-state index in [4.69, 9.17) is 10.8 Å². The first kappa shape index (κ1) is 11.2. The van der Waals surface area contributed by atoms with E-state index in [1.807, 2.05) is 0 Å². The van der Waals surface area contributed by atoms with Gasteiger partial charge in [-0.05, 0) is 12.3 Å². The molecular formula is C9H17NO2. The molecule has 0 bridgehead atoms. The monoisotopic (exact) mass is 171 g/mol. The van der Waals surface area contributed by atoms with Crippen LogP contribution in [0.1, 0.15) is 26.7 Å². The molecule has 0 aromatic carbocycles. The predicted octanol–water partition coefficient (Wildman–Crippen LogP) is 1.39. The Labute approximate surface area is 73.3 Å². The van der Waals surface area contributed by atoms with Gasteiger partial charge in [-0.2, -0.15) is 0 Å². The van der Waals surface area contributed by atoms with E-state index < -0.39 is 5.97 Å². The predicted molar refractivity (Wildman–Crippen MR) is 48.8 cm³/mol. The molecule has 0 spiro atoms. The van der Waals surface area contributed by atoms with Gasteiger partial charge in [0.1, 0.15) is 0 Å². The van der Waals surface area contributed by atoms with Crippen molar-refractivity contribution in [3.63, 3.8) is 0 Å². The highest BCUT2D eigenvalue weighted by atomic mass is 16.4. The Balaban J connectivity index is 3.60. The van der Waals surface area contributed by atoms with Crippen LogP contribution >= 0.6 is 0 Å². The summed E-state index contributed by atoms with van der Waals surface area (Å²) >= 11 is 0. The van der Waals surface area contributed by atoms with E-state index in [1.54, 1.807) is 12.2 Å². The topological polar surface area (TPSA) is 63.3 Å². The molecule has 0 aliphatic carbocycles. The van der Waals surface area contributed by atoms with E-state index in [0.29, 0.717) is 5.92 Å². The smallest absolute Gasteiger partial charge is 0.307 e. The molecule has 1 unspecified atom stereocenters. The molecule has 0 radical (unpaired) electrons. The Hall–Kier alpha value is -0.830. The van der Waals surface area contributed by atoms with Crippen molar-refractivity contribution < 1.29 is 9.90 Å². The molecule has 70 valence electrons. The Morgan fingerprint density at radius 3 is 2.58 bits per heavy atom. The molecule has 1 atom stereocenters. The van der Waals surface area contributed by atoms with Gasteiger partial charge in [-0.3, -0.25) is 4.79 Å². The number of aliphatic carboxylic acids is 1. The molecule has 0 amide bonds. The van der Waals surface area contributed by atoms with Gasteiger partial charge in [0, 0.05) is 6.04 Å². The van der Waals surface area contributed by atoms with Gasteiger partial charge in [0.05, 0.1) is 6.42 Å². The molecule has 3 nitrogen and oxygen atoms in total. The minimum absolute atomic E-state index is 0.00986. The number of hydrogen-bond donors (Lipinski definition) is 2. The van der Waals surface area contributed by atoms with Crippen molar-refractivity contribution in [1.82, 2.24) is 0 Å². The molecule has 0 aliphatic heterocycles. The second kappa shape index (κ2) is 5.77. The molecule has 0 aliphatic rings. The SMILES string of the molecule is CC(C)CC(N)/C=C/CC(=O)O. The van der Waals surface area contributed by atoms with Crippen LogP contribution in [0.2, 0.25) is 0 Å².